The van der Waals surface area contributed by atoms with Crippen LogP contribution in [0.1, 0.15) is 19.1 Å². The molecule has 0 amide bonds. The van der Waals surface area contributed by atoms with Crippen molar-refractivity contribution in [1.82, 2.24) is 19.7 Å². The van der Waals surface area contributed by atoms with Gasteiger partial charge in [-0.15, -0.1) is 0 Å². The summed E-state index contributed by atoms with van der Waals surface area (Å²) in [6.07, 6.45) is 1.96. The summed E-state index contributed by atoms with van der Waals surface area (Å²) < 4.78 is 7.29. The Balaban J connectivity index is 1.82. The topological polar surface area (TPSA) is 100 Å². The second kappa shape index (κ2) is 6.78. The molecule has 1 unspecified atom stereocenters. The molecule has 4 rings (SSSR count). The zero-order valence-electron chi connectivity index (χ0n) is 14.4. The number of furan rings is 1. The standard InChI is InChI=1S/C19H20N4O3/c1-2-12(25)10-23-19(17-8-7-13(11-24)26-17)21-18(22-23)15-9-20-16-6-4-3-5-14(15)16/h3-9,12,20,24-25H,2,10-11H2,1H3. The molecule has 4 aromatic rings. The fourth-order valence-electron chi connectivity index (χ4n) is 2.93. The zero-order chi connectivity index (χ0) is 18.1. The maximum atomic E-state index is 10.1. The zero-order valence-corrected chi connectivity index (χ0v) is 14.4. The molecule has 0 saturated carbocycles. The van der Waals surface area contributed by atoms with Gasteiger partial charge in [-0.25, -0.2) is 9.67 Å². The SMILES string of the molecule is CCC(O)Cn1nc(-c2c[nH]c3ccccc23)nc1-c1ccc(CO)o1. The van der Waals surface area contributed by atoms with Gasteiger partial charge in [-0.2, -0.15) is 5.10 Å². The third kappa shape index (κ3) is 2.91. The van der Waals surface area contributed by atoms with E-state index in [4.69, 9.17) is 4.42 Å². The smallest absolute Gasteiger partial charge is 0.194 e. The van der Waals surface area contributed by atoms with Gasteiger partial charge in [-0.3, -0.25) is 0 Å². The molecule has 3 N–H and O–H groups in total. The van der Waals surface area contributed by atoms with Crippen LogP contribution in [0.4, 0.5) is 0 Å². The largest absolute Gasteiger partial charge is 0.455 e. The van der Waals surface area contributed by atoms with Gasteiger partial charge in [0.15, 0.2) is 17.4 Å². The Bertz CT molecular complexity index is 1030. The van der Waals surface area contributed by atoms with Gasteiger partial charge in [0.25, 0.3) is 0 Å². The summed E-state index contributed by atoms with van der Waals surface area (Å²) in [5.74, 6) is 2.05. The van der Waals surface area contributed by atoms with Crippen molar-refractivity contribution in [1.29, 1.82) is 0 Å². The molecule has 0 fully saturated rings. The van der Waals surface area contributed by atoms with Gasteiger partial charge in [-0.05, 0) is 24.6 Å². The Kier molecular flexibility index (Phi) is 4.32. The van der Waals surface area contributed by atoms with Crippen LogP contribution >= 0.6 is 0 Å². The molecular weight excluding hydrogens is 332 g/mol. The minimum atomic E-state index is -0.529. The first-order chi connectivity index (χ1) is 12.7. The van der Waals surface area contributed by atoms with Crippen molar-refractivity contribution in [2.75, 3.05) is 0 Å². The number of hydrogen-bond acceptors (Lipinski definition) is 5. The first-order valence-corrected chi connectivity index (χ1v) is 8.59. The van der Waals surface area contributed by atoms with Crippen LogP contribution in [-0.4, -0.2) is 36.1 Å². The van der Waals surface area contributed by atoms with E-state index in [0.717, 1.165) is 16.5 Å². The highest BCUT2D eigenvalue weighted by atomic mass is 16.4. The number of benzene rings is 1. The van der Waals surface area contributed by atoms with Crippen LogP contribution < -0.4 is 0 Å². The van der Waals surface area contributed by atoms with Gasteiger partial charge >= 0.3 is 0 Å². The van der Waals surface area contributed by atoms with Crippen LogP contribution in [0.3, 0.4) is 0 Å². The fraction of sp³-hybridized carbons (Fsp3) is 0.263. The molecule has 0 spiro atoms. The number of fused-ring (bicyclic) bond motifs is 1. The number of aromatic amines is 1. The third-order valence-corrected chi connectivity index (χ3v) is 4.39. The van der Waals surface area contributed by atoms with Gasteiger partial charge in [0.2, 0.25) is 0 Å². The molecule has 0 aliphatic rings. The Morgan fingerprint density at radius 2 is 2.08 bits per heavy atom. The second-order valence-electron chi connectivity index (χ2n) is 6.18. The Morgan fingerprint density at radius 1 is 1.23 bits per heavy atom. The van der Waals surface area contributed by atoms with Crippen molar-refractivity contribution in [2.45, 2.75) is 32.6 Å². The molecule has 134 valence electrons. The quantitative estimate of drug-likeness (QED) is 0.495. The van der Waals surface area contributed by atoms with Crippen molar-refractivity contribution in [3.63, 3.8) is 0 Å². The summed E-state index contributed by atoms with van der Waals surface area (Å²) in [6, 6.07) is 11.4. The molecule has 0 aliphatic carbocycles. The number of hydrogen-bond donors (Lipinski definition) is 3. The molecule has 3 aromatic heterocycles. The highest BCUT2D eigenvalue weighted by Crippen LogP contribution is 2.29. The van der Waals surface area contributed by atoms with Crippen molar-refractivity contribution in [3.8, 4) is 23.0 Å². The maximum absolute atomic E-state index is 10.1. The van der Waals surface area contributed by atoms with Crippen molar-refractivity contribution in [3.05, 3.63) is 48.4 Å². The summed E-state index contributed by atoms with van der Waals surface area (Å²) >= 11 is 0. The average molecular weight is 352 g/mol. The molecule has 26 heavy (non-hydrogen) atoms. The normalized spacial score (nSPS) is 12.7. The van der Waals surface area contributed by atoms with Crippen molar-refractivity contribution in [2.24, 2.45) is 0 Å². The fourth-order valence-corrected chi connectivity index (χ4v) is 2.93. The van der Waals surface area contributed by atoms with Crippen LogP contribution in [0.25, 0.3) is 33.9 Å². The number of H-pyrrole nitrogens is 1. The van der Waals surface area contributed by atoms with Crippen LogP contribution in [0.15, 0.2) is 47.0 Å². The lowest BCUT2D eigenvalue weighted by atomic mass is 10.2. The lowest BCUT2D eigenvalue weighted by Crippen LogP contribution is -2.16. The number of para-hydroxylation sites is 1. The van der Waals surface area contributed by atoms with E-state index in [0.29, 0.717) is 36.1 Å². The van der Waals surface area contributed by atoms with Crippen LogP contribution in [0, 0.1) is 0 Å². The number of aliphatic hydroxyl groups excluding tert-OH is 2. The van der Waals surface area contributed by atoms with E-state index < -0.39 is 6.10 Å². The number of aliphatic hydroxyl groups is 2. The summed E-state index contributed by atoms with van der Waals surface area (Å²) in [4.78, 5) is 7.88. The molecule has 7 heteroatoms. The van der Waals surface area contributed by atoms with E-state index in [1.165, 1.54) is 0 Å². The van der Waals surface area contributed by atoms with Crippen molar-refractivity contribution >= 4 is 10.9 Å². The van der Waals surface area contributed by atoms with Gasteiger partial charge in [-0.1, -0.05) is 25.1 Å². The molecule has 3 heterocycles. The molecule has 0 saturated heterocycles. The number of nitrogens with one attached hydrogen (secondary N) is 1. The highest BCUT2D eigenvalue weighted by Gasteiger charge is 2.20. The third-order valence-electron chi connectivity index (χ3n) is 4.39. The van der Waals surface area contributed by atoms with Gasteiger partial charge < -0.3 is 19.6 Å². The molecular formula is C19H20N4O3. The van der Waals surface area contributed by atoms with Crippen LogP contribution in [0.5, 0.6) is 0 Å². The van der Waals surface area contributed by atoms with E-state index in [1.54, 1.807) is 16.8 Å². The minimum Gasteiger partial charge on any atom is -0.455 e. The summed E-state index contributed by atoms with van der Waals surface area (Å²) in [5, 5.41) is 25.0. The Labute approximate surface area is 149 Å². The predicted octanol–water partition coefficient (Wildman–Crippen LogP) is 2.95. The average Bonchev–Trinajstić information content (AvgIpc) is 3.38. The Hall–Kier alpha value is -2.90. The van der Waals surface area contributed by atoms with E-state index in [1.807, 2.05) is 37.4 Å². The van der Waals surface area contributed by atoms with Crippen LogP contribution in [0.2, 0.25) is 0 Å². The number of nitrogens with zero attached hydrogens (tertiary/aromatic N) is 3. The molecule has 0 bridgehead atoms. The van der Waals surface area contributed by atoms with E-state index in [2.05, 4.69) is 15.1 Å². The summed E-state index contributed by atoms with van der Waals surface area (Å²) in [6.45, 7) is 2.05. The van der Waals surface area contributed by atoms with Crippen molar-refractivity contribution < 1.29 is 14.6 Å². The van der Waals surface area contributed by atoms with E-state index in [-0.39, 0.29) is 6.61 Å². The Morgan fingerprint density at radius 3 is 2.85 bits per heavy atom. The summed E-state index contributed by atoms with van der Waals surface area (Å²) in [5.41, 5.74) is 1.90. The number of aromatic nitrogens is 4. The second-order valence-corrected chi connectivity index (χ2v) is 6.18. The molecule has 0 aliphatic heterocycles. The highest BCUT2D eigenvalue weighted by molar-refractivity contribution is 5.93. The van der Waals surface area contributed by atoms with E-state index in [9.17, 15) is 10.2 Å². The van der Waals surface area contributed by atoms with Gasteiger partial charge in [0.1, 0.15) is 12.4 Å². The lowest BCUT2D eigenvalue weighted by molar-refractivity contribution is 0.145. The lowest BCUT2D eigenvalue weighted by Gasteiger charge is -2.08. The molecule has 1 aromatic carbocycles. The first kappa shape index (κ1) is 16.6. The molecule has 7 nitrogen and oxygen atoms in total. The predicted molar refractivity (Wildman–Crippen MR) is 97.2 cm³/mol. The van der Waals surface area contributed by atoms with Crippen LogP contribution in [-0.2, 0) is 13.2 Å². The van der Waals surface area contributed by atoms with Gasteiger partial charge in [0, 0.05) is 22.7 Å². The first-order valence-electron chi connectivity index (χ1n) is 8.59. The molecule has 1 atom stereocenters. The number of rotatable bonds is 6. The maximum Gasteiger partial charge on any atom is 0.194 e. The monoisotopic (exact) mass is 352 g/mol. The van der Waals surface area contributed by atoms with Gasteiger partial charge in [0.05, 0.1) is 12.6 Å². The minimum absolute atomic E-state index is 0.180. The molecule has 0 radical (unpaired) electrons. The van der Waals surface area contributed by atoms with E-state index >= 15 is 0 Å². The summed E-state index contributed by atoms with van der Waals surface area (Å²) in [7, 11) is 0.